The lowest BCUT2D eigenvalue weighted by Crippen LogP contribution is -2.37. The molecular formula is C23H24N2O4. The minimum atomic E-state index is -1.02. The zero-order valence-corrected chi connectivity index (χ0v) is 16.1. The molecule has 0 bridgehead atoms. The molecule has 29 heavy (non-hydrogen) atoms. The number of benzene rings is 2. The van der Waals surface area contributed by atoms with Crippen molar-refractivity contribution in [1.82, 2.24) is 9.47 Å². The fraction of sp³-hybridized carbons (Fsp3) is 0.304. The molecule has 4 rings (SSSR count). The van der Waals surface area contributed by atoms with Crippen LogP contribution in [0, 0.1) is 0 Å². The number of nitrogens with zero attached hydrogens (tertiary/aromatic N) is 2. The van der Waals surface area contributed by atoms with Crippen molar-refractivity contribution >= 4 is 22.8 Å². The quantitative estimate of drug-likeness (QED) is 0.663. The van der Waals surface area contributed by atoms with Crippen LogP contribution in [0.25, 0.3) is 10.9 Å². The van der Waals surface area contributed by atoms with Crippen LogP contribution in [0.3, 0.4) is 0 Å². The Kier molecular flexibility index (Phi) is 5.36. The maximum Gasteiger partial charge on any atom is 0.335 e. The summed E-state index contributed by atoms with van der Waals surface area (Å²) in [6, 6.07) is 14.1. The summed E-state index contributed by atoms with van der Waals surface area (Å²) < 4.78 is 2.02. The SMILES string of the molecule is O=C(O)c1ccc2c(c1)c([C@@H](C(=O)O)N1CCCCC1)cn2Cc1ccccc1. The second-order valence-electron chi connectivity index (χ2n) is 7.57. The van der Waals surface area contributed by atoms with Crippen LogP contribution in [-0.4, -0.2) is 44.7 Å². The molecule has 0 radical (unpaired) electrons. The van der Waals surface area contributed by atoms with Crippen LogP contribution in [0.5, 0.6) is 0 Å². The Labute approximate surface area is 169 Å². The Hall–Kier alpha value is -3.12. The highest BCUT2D eigenvalue weighted by Crippen LogP contribution is 2.33. The number of hydrogen-bond donors (Lipinski definition) is 2. The molecule has 0 amide bonds. The van der Waals surface area contributed by atoms with E-state index in [0.717, 1.165) is 43.4 Å². The molecule has 1 saturated heterocycles. The second-order valence-corrected chi connectivity index (χ2v) is 7.57. The first kappa shape index (κ1) is 19.2. The molecule has 1 aromatic heterocycles. The fourth-order valence-corrected chi connectivity index (χ4v) is 4.25. The Morgan fingerprint density at radius 1 is 0.966 bits per heavy atom. The highest BCUT2D eigenvalue weighted by Gasteiger charge is 2.31. The van der Waals surface area contributed by atoms with Crippen LogP contribution < -0.4 is 0 Å². The predicted octanol–water partition coefficient (Wildman–Crippen LogP) is 4.00. The van der Waals surface area contributed by atoms with Gasteiger partial charge in [-0.15, -0.1) is 0 Å². The number of aromatic carboxylic acids is 1. The highest BCUT2D eigenvalue weighted by atomic mass is 16.4. The summed E-state index contributed by atoms with van der Waals surface area (Å²) in [7, 11) is 0. The molecule has 6 nitrogen and oxygen atoms in total. The summed E-state index contributed by atoms with van der Waals surface area (Å²) in [6.45, 7) is 2.07. The number of carboxylic acids is 2. The fourth-order valence-electron chi connectivity index (χ4n) is 4.25. The number of hydrogen-bond acceptors (Lipinski definition) is 3. The van der Waals surface area contributed by atoms with Crippen LogP contribution >= 0.6 is 0 Å². The normalized spacial score (nSPS) is 16.0. The molecule has 2 N–H and O–H groups in total. The number of carboxylic acid groups (broad SMARTS) is 2. The van der Waals surface area contributed by atoms with Gasteiger partial charge in [0.05, 0.1) is 5.56 Å². The number of likely N-dealkylation sites (tertiary alicyclic amines) is 1. The maximum absolute atomic E-state index is 12.3. The van der Waals surface area contributed by atoms with Gasteiger partial charge in [0.25, 0.3) is 0 Å². The number of piperidine rings is 1. The summed E-state index contributed by atoms with van der Waals surface area (Å²) in [6.07, 6.45) is 4.96. The Bertz CT molecular complexity index is 1040. The van der Waals surface area contributed by atoms with Crippen molar-refractivity contribution in [1.29, 1.82) is 0 Å². The standard InChI is InChI=1S/C23H24N2O4/c26-22(27)17-9-10-20-18(13-17)19(15-25(20)14-16-7-3-1-4-8-16)21(23(28)29)24-11-5-2-6-12-24/h1,3-4,7-10,13,15,21H,2,5-6,11-12,14H2,(H,26,27)(H,28,29)/t21-/m0/s1. The van der Waals surface area contributed by atoms with Crippen molar-refractivity contribution < 1.29 is 19.8 Å². The monoisotopic (exact) mass is 392 g/mol. The van der Waals surface area contributed by atoms with Crippen LogP contribution in [-0.2, 0) is 11.3 Å². The molecular weight excluding hydrogens is 368 g/mol. The van der Waals surface area contributed by atoms with E-state index in [4.69, 9.17) is 0 Å². The van der Waals surface area contributed by atoms with E-state index in [-0.39, 0.29) is 5.56 Å². The van der Waals surface area contributed by atoms with Crippen molar-refractivity contribution in [2.45, 2.75) is 31.8 Å². The third-order valence-electron chi connectivity index (χ3n) is 5.64. The van der Waals surface area contributed by atoms with E-state index in [1.54, 1.807) is 18.2 Å². The zero-order chi connectivity index (χ0) is 20.4. The molecule has 0 unspecified atom stereocenters. The summed E-state index contributed by atoms with van der Waals surface area (Å²) >= 11 is 0. The van der Waals surface area contributed by atoms with E-state index >= 15 is 0 Å². The molecule has 3 aromatic rings. The molecule has 6 heteroatoms. The summed E-state index contributed by atoms with van der Waals surface area (Å²) in [5.41, 5.74) is 2.77. The smallest absolute Gasteiger partial charge is 0.335 e. The van der Waals surface area contributed by atoms with Crippen LogP contribution in [0.1, 0.15) is 46.8 Å². The molecule has 150 valence electrons. The van der Waals surface area contributed by atoms with Crippen molar-refractivity contribution in [2.24, 2.45) is 0 Å². The van der Waals surface area contributed by atoms with E-state index in [1.165, 1.54) is 0 Å². The minimum Gasteiger partial charge on any atom is -0.480 e. The first-order valence-electron chi connectivity index (χ1n) is 9.91. The number of rotatable bonds is 6. The van der Waals surface area contributed by atoms with Gasteiger partial charge in [-0.05, 0) is 49.7 Å². The lowest BCUT2D eigenvalue weighted by Gasteiger charge is -2.31. The van der Waals surface area contributed by atoms with E-state index in [9.17, 15) is 19.8 Å². The molecule has 1 atom stereocenters. The van der Waals surface area contributed by atoms with Gasteiger partial charge in [-0.3, -0.25) is 9.69 Å². The average Bonchev–Trinajstić information content (AvgIpc) is 3.07. The molecule has 1 aliphatic heterocycles. The lowest BCUT2D eigenvalue weighted by atomic mass is 10.00. The molecule has 0 spiro atoms. The maximum atomic E-state index is 12.3. The Morgan fingerprint density at radius 2 is 1.69 bits per heavy atom. The minimum absolute atomic E-state index is 0.166. The topological polar surface area (TPSA) is 82.8 Å². The van der Waals surface area contributed by atoms with E-state index in [2.05, 4.69) is 0 Å². The first-order chi connectivity index (χ1) is 14.0. The highest BCUT2D eigenvalue weighted by molar-refractivity contribution is 5.96. The number of aliphatic carboxylic acids is 1. The van der Waals surface area contributed by atoms with Crippen LogP contribution in [0.4, 0.5) is 0 Å². The lowest BCUT2D eigenvalue weighted by molar-refractivity contribution is -0.144. The van der Waals surface area contributed by atoms with Gasteiger partial charge in [-0.2, -0.15) is 0 Å². The second kappa shape index (κ2) is 8.09. The summed E-state index contributed by atoms with van der Waals surface area (Å²) in [5, 5.41) is 20.2. The molecule has 2 heterocycles. The summed E-state index contributed by atoms with van der Waals surface area (Å²) in [4.78, 5) is 25.8. The van der Waals surface area contributed by atoms with Crippen LogP contribution in [0.2, 0.25) is 0 Å². The number of carbonyl (C=O) groups is 2. The third-order valence-corrected chi connectivity index (χ3v) is 5.64. The van der Waals surface area contributed by atoms with Crippen molar-refractivity contribution in [3.63, 3.8) is 0 Å². The van der Waals surface area contributed by atoms with Gasteiger partial charge in [0.2, 0.25) is 0 Å². The van der Waals surface area contributed by atoms with Crippen molar-refractivity contribution in [3.8, 4) is 0 Å². The third kappa shape index (κ3) is 3.89. The van der Waals surface area contributed by atoms with E-state index in [0.29, 0.717) is 17.5 Å². The van der Waals surface area contributed by atoms with Gasteiger partial charge in [0.15, 0.2) is 0 Å². The number of fused-ring (bicyclic) bond motifs is 1. The average molecular weight is 392 g/mol. The Morgan fingerprint density at radius 3 is 2.34 bits per heavy atom. The van der Waals surface area contributed by atoms with Gasteiger partial charge in [-0.25, -0.2) is 4.79 Å². The van der Waals surface area contributed by atoms with Gasteiger partial charge in [0.1, 0.15) is 6.04 Å². The van der Waals surface area contributed by atoms with E-state index < -0.39 is 18.0 Å². The first-order valence-corrected chi connectivity index (χ1v) is 9.91. The van der Waals surface area contributed by atoms with E-state index in [1.807, 2.05) is 46.0 Å². The van der Waals surface area contributed by atoms with Gasteiger partial charge in [0, 0.05) is 29.2 Å². The predicted molar refractivity (Wildman–Crippen MR) is 110 cm³/mol. The van der Waals surface area contributed by atoms with Gasteiger partial charge in [-0.1, -0.05) is 36.8 Å². The van der Waals surface area contributed by atoms with Gasteiger partial charge < -0.3 is 14.8 Å². The van der Waals surface area contributed by atoms with Crippen molar-refractivity contribution in [3.05, 3.63) is 71.4 Å². The Balaban J connectivity index is 1.85. The molecule has 0 aliphatic carbocycles. The molecule has 2 aromatic carbocycles. The molecule has 1 fully saturated rings. The summed E-state index contributed by atoms with van der Waals surface area (Å²) in [5.74, 6) is -1.91. The van der Waals surface area contributed by atoms with Gasteiger partial charge >= 0.3 is 11.9 Å². The molecule has 0 saturated carbocycles. The zero-order valence-electron chi connectivity index (χ0n) is 16.1. The van der Waals surface area contributed by atoms with Crippen molar-refractivity contribution in [2.75, 3.05) is 13.1 Å². The largest absolute Gasteiger partial charge is 0.480 e. The van der Waals surface area contributed by atoms with Crippen LogP contribution in [0.15, 0.2) is 54.7 Å². The number of aromatic nitrogens is 1. The molecule has 1 aliphatic rings.